The van der Waals surface area contributed by atoms with Crippen molar-refractivity contribution in [3.05, 3.63) is 11.9 Å². The number of nitrogens with two attached hydrogens (primary N) is 1. The number of hydrogen-bond acceptors (Lipinski definition) is 5. The molecule has 0 aliphatic heterocycles. The van der Waals surface area contributed by atoms with Crippen LogP contribution in [0, 0.1) is 12.3 Å². The van der Waals surface area contributed by atoms with Crippen molar-refractivity contribution < 1.29 is 0 Å². The van der Waals surface area contributed by atoms with Gasteiger partial charge in [0.15, 0.2) is 0 Å². The molecule has 1 aromatic rings. The molecule has 0 spiro atoms. The summed E-state index contributed by atoms with van der Waals surface area (Å²) in [6.45, 7) is 13.8. The predicted octanol–water partition coefficient (Wildman–Crippen LogP) is 2.03. The number of nitrogens with zero attached hydrogens (tertiary/aromatic N) is 3. The van der Waals surface area contributed by atoms with E-state index in [-0.39, 0.29) is 5.41 Å². The summed E-state index contributed by atoms with van der Waals surface area (Å²) in [5.41, 5.74) is 5.80. The summed E-state index contributed by atoms with van der Waals surface area (Å²) in [5, 5.41) is 3.36. The van der Waals surface area contributed by atoms with Crippen LogP contribution in [0.4, 0.5) is 11.6 Å². The van der Waals surface area contributed by atoms with Gasteiger partial charge in [-0.2, -0.15) is 0 Å². The van der Waals surface area contributed by atoms with Crippen molar-refractivity contribution in [1.29, 1.82) is 0 Å². The molecule has 0 saturated carbocycles. The third-order valence-electron chi connectivity index (χ3n) is 3.21. The molecule has 1 heterocycles. The Morgan fingerprint density at radius 1 is 1.26 bits per heavy atom. The zero-order valence-electron chi connectivity index (χ0n) is 12.8. The molecule has 0 atom stereocenters. The molecular formula is C14H27N5. The third kappa shape index (κ3) is 4.67. The van der Waals surface area contributed by atoms with Crippen molar-refractivity contribution >= 4 is 11.6 Å². The van der Waals surface area contributed by atoms with Gasteiger partial charge in [-0.3, -0.25) is 0 Å². The number of rotatable bonds is 7. The molecule has 0 bridgehead atoms. The van der Waals surface area contributed by atoms with Gasteiger partial charge in [-0.05, 0) is 32.7 Å². The largest absolute Gasteiger partial charge is 0.369 e. The second-order valence-electron chi connectivity index (χ2n) is 5.55. The monoisotopic (exact) mass is 265 g/mol. The van der Waals surface area contributed by atoms with Crippen molar-refractivity contribution in [1.82, 2.24) is 9.97 Å². The SMILES string of the molecule is CCN(CC)c1cc(NCC(C)(C)CN)nc(C)n1. The van der Waals surface area contributed by atoms with E-state index in [0.29, 0.717) is 6.54 Å². The van der Waals surface area contributed by atoms with Crippen LogP contribution in [0.15, 0.2) is 6.07 Å². The van der Waals surface area contributed by atoms with Crippen LogP contribution < -0.4 is 16.0 Å². The molecule has 0 aliphatic carbocycles. The maximum Gasteiger partial charge on any atom is 0.134 e. The van der Waals surface area contributed by atoms with Crippen LogP contribution in [0.1, 0.15) is 33.5 Å². The van der Waals surface area contributed by atoms with Gasteiger partial charge in [-0.1, -0.05) is 13.8 Å². The van der Waals surface area contributed by atoms with Gasteiger partial charge in [0.25, 0.3) is 0 Å². The lowest BCUT2D eigenvalue weighted by molar-refractivity contribution is 0.405. The Morgan fingerprint density at radius 3 is 2.42 bits per heavy atom. The van der Waals surface area contributed by atoms with Crippen molar-refractivity contribution in [3.8, 4) is 0 Å². The first-order valence-corrected chi connectivity index (χ1v) is 6.96. The van der Waals surface area contributed by atoms with E-state index in [0.717, 1.165) is 37.1 Å². The summed E-state index contributed by atoms with van der Waals surface area (Å²) < 4.78 is 0. The van der Waals surface area contributed by atoms with Crippen LogP contribution in [-0.2, 0) is 0 Å². The molecule has 19 heavy (non-hydrogen) atoms. The van der Waals surface area contributed by atoms with E-state index >= 15 is 0 Å². The first-order valence-electron chi connectivity index (χ1n) is 6.96. The molecule has 5 nitrogen and oxygen atoms in total. The average molecular weight is 265 g/mol. The van der Waals surface area contributed by atoms with Crippen LogP contribution >= 0.6 is 0 Å². The zero-order valence-corrected chi connectivity index (χ0v) is 12.8. The number of hydrogen-bond donors (Lipinski definition) is 2. The van der Waals surface area contributed by atoms with E-state index in [1.54, 1.807) is 0 Å². The summed E-state index contributed by atoms with van der Waals surface area (Å²) in [5.74, 6) is 2.64. The van der Waals surface area contributed by atoms with E-state index < -0.39 is 0 Å². The first-order chi connectivity index (χ1) is 8.91. The molecule has 1 rings (SSSR count). The molecule has 1 aromatic heterocycles. The highest BCUT2D eigenvalue weighted by Gasteiger charge is 2.16. The quantitative estimate of drug-likeness (QED) is 0.789. The zero-order chi connectivity index (χ0) is 14.5. The first kappa shape index (κ1) is 15.7. The molecular weight excluding hydrogens is 238 g/mol. The van der Waals surface area contributed by atoms with Crippen LogP contribution in [0.25, 0.3) is 0 Å². The lowest BCUT2D eigenvalue weighted by Crippen LogP contribution is -2.31. The maximum atomic E-state index is 5.74. The van der Waals surface area contributed by atoms with Crippen LogP contribution in [-0.4, -0.2) is 36.1 Å². The maximum absolute atomic E-state index is 5.74. The summed E-state index contributed by atoms with van der Waals surface area (Å²) in [7, 11) is 0. The van der Waals surface area contributed by atoms with E-state index in [9.17, 15) is 0 Å². The van der Waals surface area contributed by atoms with Crippen molar-refractivity contribution in [2.45, 2.75) is 34.6 Å². The van der Waals surface area contributed by atoms with Gasteiger partial charge in [0.05, 0.1) is 0 Å². The van der Waals surface area contributed by atoms with Gasteiger partial charge < -0.3 is 16.0 Å². The summed E-state index contributed by atoms with van der Waals surface area (Å²) in [4.78, 5) is 11.1. The molecule has 108 valence electrons. The molecule has 0 aliphatic rings. The highest BCUT2D eigenvalue weighted by atomic mass is 15.2. The Morgan fingerprint density at radius 2 is 1.89 bits per heavy atom. The topological polar surface area (TPSA) is 67.1 Å². The highest BCUT2D eigenvalue weighted by molar-refractivity contribution is 5.49. The molecule has 0 saturated heterocycles. The molecule has 5 heteroatoms. The Labute approximate surface area is 116 Å². The standard InChI is InChI=1S/C14H27N5/c1-6-19(7-2)13-8-12(17-11(3)18-13)16-10-14(4,5)9-15/h8H,6-7,9-10,15H2,1-5H3,(H,16,17,18). The van der Waals surface area contributed by atoms with E-state index in [2.05, 4.69) is 47.9 Å². The fourth-order valence-corrected chi connectivity index (χ4v) is 1.75. The minimum Gasteiger partial charge on any atom is -0.369 e. The Bertz CT molecular complexity index is 399. The van der Waals surface area contributed by atoms with E-state index in [1.807, 2.05) is 13.0 Å². The van der Waals surface area contributed by atoms with Gasteiger partial charge in [-0.25, -0.2) is 9.97 Å². The average Bonchev–Trinajstić information content (AvgIpc) is 2.37. The Kier molecular flexibility index (Phi) is 5.54. The smallest absolute Gasteiger partial charge is 0.134 e. The van der Waals surface area contributed by atoms with Gasteiger partial charge in [0.2, 0.25) is 0 Å². The normalized spacial score (nSPS) is 11.5. The fraction of sp³-hybridized carbons (Fsp3) is 0.714. The minimum atomic E-state index is 0.0637. The molecule has 3 N–H and O–H groups in total. The van der Waals surface area contributed by atoms with Gasteiger partial charge in [0, 0.05) is 25.7 Å². The third-order valence-corrected chi connectivity index (χ3v) is 3.21. The molecule has 0 amide bonds. The molecule has 0 radical (unpaired) electrons. The van der Waals surface area contributed by atoms with Crippen molar-refractivity contribution in [3.63, 3.8) is 0 Å². The van der Waals surface area contributed by atoms with Gasteiger partial charge in [0.1, 0.15) is 17.5 Å². The molecule has 0 aromatic carbocycles. The van der Waals surface area contributed by atoms with Gasteiger partial charge in [-0.15, -0.1) is 0 Å². The second-order valence-corrected chi connectivity index (χ2v) is 5.55. The summed E-state index contributed by atoms with van der Waals surface area (Å²) in [6.07, 6.45) is 0. The van der Waals surface area contributed by atoms with Crippen LogP contribution in [0.3, 0.4) is 0 Å². The Balaban J connectivity index is 2.85. The predicted molar refractivity (Wildman–Crippen MR) is 81.7 cm³/mol. The van der Waals surface area contributed by atoms with E-state index in [1.165, 1.54) is 0 Å². The summed E-state index contributed by atoms with van der Waals surface area (Å²) in [6, 6.07) is 2.01. The van der Waals surface area contributed by atoms with E-state index in [4.69, 9.17) is 5.73 Å². The Hall–Kier alpha value is -1.36. The number of nitrogens with one attached hydrogen (secondary N) is 1. The number of anilines is 2. The fourth-order valence-electron chi connectivity index (χ4n) is 1.75. The number of aryl methyl sites for hydroxylation is 1. The molecule has 0 unspecified atom stereocenters. The van der Waals surface area contributed by atoms with Crippen LogP contribution in [0.5, 0.6) is 0 Å². The second kappa shape index (κ2) is 6.70. The lowest BCUT2D eigenvalue weighted by Gasteiger charge is -2.24. The highest BCUT2D eigenvalue weighted by Crippen LogP contribution is 2.18. The van der Waals surface area contributed by atoms with Crippen LogP contribution in [0.2, 0.25) is 0 Å². The summed E-state index contributed by atoms with van der Waals surface area (Å²) >= 11 is 0. The van der Waals surface area contributed by atoms with Crippen molar-refractivity contribution in [2.24, 2.45) is 11.1 Å². The van der Waals surface area contributed by atoms with Gasteiger partial charge >= 0.3 is 0 Å². The van der Waals surface area contributed by atoms with Crippen molar-refractivity contribution in [2.75, 3.05) is 36.4 Å². The molecule has 0 fully saturated rings. The number of aromatic nitrogens is 2. The lowest BCUT2D eigenvalue weighted by atomic mass is 9.94. The minimum absolute atomic E-state index is 0.0637.